The van der Waals surface area contributed by atoms with Gasteiger partial charge in [-0.05, 0) is 32.1 Å². The summed E-state index contributed by atoms with van der Waals surface area (Å²) in [5, 5.41) is 5.08. The normalized spacial score (nSPS) is 14.9. The fourth-order valence-corrected chi connectivity index (χ4v) is 2.36. The molecule has 0 amide bonds. The van der Waals surface area contributed by atoms with Crippen LogP contribution < -0.4 is 4.74 Å². The van der Waals surface area contributed by atoms with Crippen LogP contribution in [0.3, 0.4) is 0 Å². The van der Waals surface area contributed by atoms with Gasteiger partial charge in [0.25, 0.3) is 5.88 Å². The summed E-state index contributed by atoms with van der Waals surface area (Å²) in [6, 6.07) is 0. The summed E-state index contributed by atoms with van der Waals surface area (Å²) >= 11 is 11.8. The van der Waals surface area contributed by atoms with Gasteiger partial charge in [0.1, 0.15) is 5.02 Å². The minimum Gasteiger partial charge on any atom is -0.476 e. The van der Waals surface area contributed by atoms with Crippen LogP contribution in [0.15, 0.2) is 0 Å². The van der Waals surface area contributed by atoms with Crippen molar-refractivity contribution in [2.75, 3.05) is 12.5 Å². The maximum absolute atomic E-state index is 6.22. The van der Waals surface area contributed by atoms with Crippen LogP contribution in [0.2, 0.25) is 5.02 Å². The molecular weight excluding hydrogens is 247 g/mol. The lowest BCUT2D eigenvalue weighted by molar-refractivity contribution is 0.293. The lowest BCUT2D eigenvalue weighted by atomic mass is 10.1. The van der Waals surface area contributed by atoms with Crippen molar-refractivity contribution in [1.82, 2.24) is 9.78 Å². The molecule has 1 aliphatic heterocycles. The number of halogens is 2. The highest BCUT2D eigenvalue weighted by Crippen LogP contribution is 2.31. The van der Waals surface area contributed by atoms with Gasteiger partial charge in [-0.25, -0.2) is 0 Å². The van der Waals surface area contributed by atoms with Crippen LogP contribution in [0.25, 0.3) is 0 Å². The molecule has 1 aromatic rings. The fraction of sp³-hybridized carbons (Fsp3) is 0.727. The molecule has 0 aliphatic carbocycles. The number of aromatic nitrogens is 2. The van der Waals surface area contributed by atoms with Crippen molar-refractivity contribution < 1.29 is 4.74 Å². The van der Waals surface area contributed by atoms with Gasteiger partial charge < -0.3 is 4.74 Å². The summed E-state index contributed by atoms with van der Waals surface area (Å²) < 4.78 is 7.54. The average Bonchev–Trinajstić information content (AvgIpc) is 2.63. The zero-order valence-corrected chi connectivity index (χ0v) is 10.7. The second-order valence-corrected chi connectivity index (χ2v) is 4.75. The maximum atomic E-state index is 6.22. The maximum Gasteiger partial charge on any atom is 0.252 e. The summed E-state index contributed by atoms with van der Waals surface area (Å²) in [5.41, 5.74) is 1.13. The molecule has 2 heterocycles. The van der Waals surface area contributed by atoms with Crippen molar-refractivity contribution >= 4 is 23.2 Å². The number of rotatable bonds is 5. The van der Waals surface area contributed by atoms with Crippen molar-refractivity contribution in [2.45, 2.75) is 38.6 Å². The first-order valence-corrected chi connectivity index (χ1v) is 6.68. The third-order valence-electron chi connectivity index (χ3n) is 2.76. The van der Waals surface area contributed by atoms with Crippen molar-refractivity contribution in [1.29, 1.82) is 0 Å². The van der Waals surface area contributed by atoms with E-state index < -0.39 is 0 Å². The third-order valence-corrected chi connectivity index (χ3v) is 3.41. The Morgan fingerprint density at radius 3 is 2.94 bits per heavy atom. The molecule has 2 rings (SSSR count). The van der Waals surface area contributed by atoms with E-state index in [1.54, 1.807) is 0 Å². The van der Waals surface area contributed by atoms with E-state index in [-0.39, 0.29) is 0 Å². The molecule has 0 saturated heterocycles. The summed E-state index contributed by atoms with van der Waals surface area (Å²) in [6.07, 6.45) is 5.29. The predicted octanol–water partition coefficient (Wildman–Crippen LogP) is 3.27. The second kappa shape index (κ2) is 5.78. The number of unbranched alkanes of at least 4 members (excludes halogenated alkanes) is 1. The van der Waals surface area contributed by atoms with Gasteiger partial charge in [-0.3, -0.25) is 4.68 Å². The van der Waals surface area contributed by atoms with Crippen LogP contribution in [-0.4, -0.2) is 22.3 Å². The first kappa shape index (κ1) is 12.1. The van der Waals surface area contributed by atoms with Crippen LogP contribution in [0.5, 0.6) is 5.88 Å². The summed E-state index contributed by atoms with van der Waals surface area (Å²) in [7, 11) is 0. The van der Waals surface area contributed by atoms with Crippen molar-refractivity contribution in [2.24, 2.45) is 0 Å². The Bertz CT molecular complexity index is 352. The number of fused-ring (bicyclic) bond motifs is 1. The Labute approximate surface area is 106 Å². The van der Waals surface area contributed by atoms with Crippen molar-refractivity contribution in [3.8, 4) is 5.88 Å². The van der Waals surface area contributed by atoms with Crippen LogP contribution >= 0.6 is 23.2 Å². The average molecular weight is 263 g/mol. The molecule has 0 saturated carbocycles. The first-order valence-electron chi connectivity index (χ1n) is 5.77. The minimum atomic E-state index is 0.591. The summed E-state index contributed by atoms with van der Waals surface area (Å²) in [4.78, 5) is 0. The Hall–Kier alpha value is -0.410. The quantitative estimate of drug-likeness (QED) is 0.602. The molecule has 5 heteroatoms. The van der Waals surface area contributed by atoms with E-state index in [4.69, 9.17) is 27.9 Å². The van der Waals surface area contributed by atoms with Gasteiger partial charge >= 0.3 is 0 Å². The Morgan fingerprint density at radius 2 is 2.19 bits per heavy atom. The lowest BCUT2D eigenvalue weighted by Gasteiger charge is -2.11. The van der Waals surface area contributed by atoms with E-state index in [2.05, 4.69) is 5.10 Å². The summed E-state index contributed by atoms with van der Waals surface area (Å²) in [6.45, 7) is 1.60. The molecule has 0 atom stereocenters. The van der Waals surface area contributed by atoms with E-state index in [1.807, 2.05) is 4.68 Å². The molecule has 0 radical (unpaired) electrons. The predicted molar refractivity (Wildman–Crippen MR) is 65.6 cm³/mol. The number of nitrogens with zero attached hydrogens (tertiary/aromatic N) is 2. The number of ether oxygens (including phenoxy) is 1. The molecule has 90 valence electrons. The molecule has 0 aromatic carbocycles. The number of alkyl halides is 1. The highest BCUT2D eigenvalue weighted by atomic mass is 35.5. The number of aryl methyl sites for hydroxylation is 1. The zero-order chi connectivity index (χ0) is 11.4. The number of hydrogen-bond acceptors (Lipinski definition) is 2. The van der Waals surface area contributed by atoms with Crippen molar-refractivity contribution in [3.63, 3.8) is 0 Å². The fourth-order valence-electron chi connectivity index (χ4n) is 1.89. The van der Waals surface area contributed by atoms with Gasteiger partial charge in [0.2, 0.25) is 0 Å². The van der Waals surface area contributed by atoms with Crippen LogP contribution in [0.1, 0.15) is 31.4 Å². The van der Waals surface area contributed by atoms with Gasteiger partial charge in [0.05, 0.1) is 12.3 Å². The molecule has 3 nitrogen and oxygen atoms in total. The molecule has 1 aromatic heterocycles. The molecular formula is C11H16Cl2N2O. The van der Waals surface area contributed by atoms with Gasteiger partial charge in [0, 0.05) is 12.4 Å². The highest BCUT2D eigenvalue weighted by Gasteiger charge is 2.19. The summed E-state index contributed by atoms with van der Waals surface area (Å²) in [5.74, 6) is 1.27. The second-order valence-electron chi connectivity index (χ2n) is 3.99. The van der Waals surface area contributed by atoms with E-state index in [0.717, 1.165) is 31.5 Å². The monoisotopic (exact) mass is 262 g/mol. The van der Waals surface area contributed by atoms with E-state index in [1.165, 1.54) is 12.8 Å². The van der Waals surface area contributed by atoms with Gasteiger partial charge in [-0.2, -0.15) is 0 Å². The van der Waals surface area contributed by atoms with Gasteiger partial charge in [-0.1, -0.05) is 11.6 Å². The SMILES string of the molecule is ClCCCCOc1nn2c(c1Cl)CCCC2. The third kappa shape index (κ3) is 2.64. The first-order chi connectivity index (χ1) is 7.83. The number of hydrogen-bond donors (Lipinski definition) is 0. The smallest absolute Gasteiger partial charge is 0.252 e. The molecule has 1 aliphatic rings. The van der Waals surface area contributed by atoms with Crippen LogP contribution in [0.4, 0.5) is 0 Å². The lowest BCUT2D eigenvalue weighted by Crippen LogP contribution is -2.11. The highest BCUT2D eigenvalue weighted by molar-refractivity contribution is 6.32. The van der Waals surface area contributed by atoms with E-state index >= 15 is 0 Å². The largest absolute Gasteiger partial charge is 0.476 e. The molecule has 0 fully saturated rings. The standard InChI is InChI=1S/C11H16Cl2N2O/c12-6-2-4-8-16-11-10(13)9-5-1-3-7-15(9)14-11/h1-8H2. The molecule has 16 heavy (non-hydrogen) atoms. The molecule has 0 unspecified atom stereocenters. The minimum absolute atomic E-state index is 0.591. The molecule has 0 bridgehead atoms. The van der Waals surface area contributed by atoms with Crippen LogP contribution in [0, 0.1) is 0 Å². The molecule has 0 N–H and O–H groups in total. The van der Waals surface area contributed by atoms with Gasteiger partial charge in [-0.15, -0.1) is 16.7 Å². The zero-order valence-electron chi connectivity index (χ0n) is 9.22. The van der Waals surface area contributed by atoms with E-state index in [9.17, 15) is 0 Å². The Kier molecular flexibility index (Phi) is 4.36. The topological polar surface area (TPSA) is 27.1 Å². The van der Waals surface area contributed by atoms with E-state index in [0.29, 0.717) is 23.4 Å². The Balaban J connectivity index is 1.96. The van der Waals surface area contributed by atoms with Crippen LogP contribution in [-0.2, 0) is 13.0 Å². The van der Waals surface area contributed by atoms with Crippen molar-refractivity contribution in [3.05, 3.63) is 10.7 Å². The van der Waals surface area contributed by atoms with Gasteiger partial charge in [0.15, 0.2) is 0 Å². The Morgan fingerprint density at radius 1 is 1.31 bits per heavy atom. The molecule has 0 spiro atoms.